The predicted molar refractivity (Wildman–Crippen MR) is 131 cm³/mol. The van der Waals surface area contributed by atoms with Crippen molar-refractivity contribution in [1.29, 1.82) is 0 Å². The molecule has 1 N–H and O–H groups in total. The number of carbonyl (C=O) groups is 1. The van der Waals surface area contributed by atoms with Crippen LogP contribution in [0.15, 0.2) is 82.5 Å². The minimum Gasteiger partial charge on any atom is -0.455 e. The number of H-pyrrole nitrogens is 1. The van der Waals surface area contributed by atoms with Crippen LogP contribution in [0.1, 0.15) is 37.6 Å². The summed E-state index contributed by atoms with van der Waals surface area (Å²) in [6, 6.07) is 20.5. The van der Waals surface area contributed by atoms with Crippen molar-refractivity contribution in [2.24, 2.45) is 0 Å². The summed E-state index contributed by atoms with van der Waals surface area (Å²) in [5.41, 5.74) is -0.330. The van der Waals surface area contributed by atoms with Crippen molar-refractivity contribution in [2.45, 2.75) is 57.5 Å². The van der Waals surface area contributed by atoms with E-state index in [4.69, 9.17) is 18.9 Å². The molecule has 9 heteroatoms. The van der Waals surface area contributed by atoms with Crippen molar-refractivity contribution in [3.63, 3.8) is 0 Å². The summed E-state index contributed by atoms with van der Waals surface area (Å²) in [4.78, 5) is 38.7. The summed E-state index contributed by atoms with van der Waals surface area (Å²) < 4.78 is 25.8. The monoisotopic (exact) mass is 494 g/mol. The first kappa shape index (κ1) is 25.6. The Bertz CT molecular complexity index is 1260. The molecule has 4 rings (SSSR count). The van der Waals surface area contributed by atoms with Gasteiger partial charge >= 0.3 is 11.7 Å². The Morgan fingerprint density at radius 3 is 2.22 bits per heavy atom. The molecule has 1 saturated heterocycles. The average molecular weight is 495 g/mol. The molecule has 3 aromatic rings. The zero-order valence-corrected chi connectivity index (χ0v) is 20.3. The van der Waals surface area contributed by atoms with Gasteiger partial charge < -0.3 is 18.9 Å². The van der Waals surface area contributed by atoms with Gasteiger partial charge in [-0.1, -0.05) is 67.6 Å². The van der Waals surface area contributed by atoms with E-state index < -0.39 is 41.3 Å². The minimum atomic E-state index is -1.04. The highest BCUT2D eigenvalue weighted by Crippen LogP contribution is 2.43. The number of hydrogen-bond donors (Lipinski definition) is 1. The maximum atomic E-state index is 12.7. The highest BCUT2D eigenvalue weighted by Gasteiger charge is 2.58. The summed E-state index contributed by atoms with van der Waals surface area (Å²) in [7, 11) is 0. The number of rotatable bonds is 10. The largest absolute Gasteiger partial charge is 0.455 e. The maximum Gasteiger partial charge on any atom is 0.330 e. The molecule has 0 bridgehead atoms. The number of ether oxygens (including phenoxy) is 4. The van der Waals surface area contributed by atoms with Crippen molar-refractivity contribution in [3.8, 4) is 0 Å². The van der Waals surface area contributed by atoms with E-state index in [1.165, 1.54) is 23.8 Å². The number of aromatic amines is 1. The maximum absolute atomic E-state index is 12.7. The third-order valence-electron chi connectivity index (χ3n) is 6.21. The van der Waals surface area contributed by atoms with Crippen molar-refractivity contribution in [1.82, 2.24) is 9.55 Å². The van der Waals surface area contributed by atoms with Crippen LogP contribution in [0.4, 0.5) is 0 Å². The van der Waals surface area contributed by atoms with Gasteiger partial charge in [0.15, 0.2) is 12.3 Å². The van der Waals surface area contributed by atoms with E-state index in [2.05, 4.69) is 4.98 Å². The van der Waals surface area contributed by atoms with Gasteiger partial charge in [0.1, 0.15) is 11.7 Å². The molecule has 4 atom stereocenters. The second-order valence-electron chi connectivity index (χ2n) is 8.71. The quantitative estimate of drug-likeness (QED) is 0.432. The Morgan fingerprint density at radius 1 is 1.00 bits per heavy atom. The molecular formula is C27H30N2O7. The highest BCUT2D eigenvalue weighted by molar-refractivity contribution is 5.66. The summed E-state index contributed by atoms with van der Waals surface area (Å²) in [6.45, 7) is 3.93. The number of esters is 1. The van der Waals surface area contributed by atoms with Crippen LogP contribution >= 0.6 is 0 Å². The third kappa shape index (κ3) is 5.81. The molecule has 0 unspecified atom stereocenters. The first-order valence-electron chi connectivity index (χ1n) is 11.9. The van der Waals surface area contributed by atoms with Crippen LogP contribution < -0.4 is 11.2 Å². The first-order chi connectivity index (χ1) is 17.4. The molecule has 1 aromatic heterocycles. The zero-order chi connectivity index (χ0) is 25.5. The van der Waals surface area contributed by atoms with Crippen LogP contribution in [0.25, 0.3) is 0 Å². The smallest absolute Gasteiger partial charge is 0.330 e. The van der Waals surface area contributed by atoms with E-state index >= 15 is 0 Å². The molecule has 1 fully saturated rings. The summed E-state index contributed by atoms with van der Waals surface area (Å²) >= 11 is 0. The molecule has 1 aliphatic rings. The molecule has 0 saturated carbocycles. The van der Waals surface area contributed by atoms with Gasteiger partial charge in [-0.2, -0.15) is 0 Å². The lowest BCUT2D eigenvalue weighted by Gasteiger charge is -2.33. The fourth-order valence-corrected chi connectivity index (χ4v) is 4.40. The Kier molecular flexibility index (Phi) is 8.14. The average Bonchev–Trinajstić information content (AvgIpc) is 3.16. The molecular weight excluding hydrogens is 464 g/mol. The van der Waals surface area contributed by atoms with Crippen LogP contribution in [0, 0.1) is 0 Å². The van der Waals surface area contributed by atoms with Crippen LogP contribution in [0.2, 0.25) is 0 Å². The van der Waals surface area contributed by atoms with Gasteiger partial charge in [-0.25, -0.2) is 4.79 Å². The molecule has 36 heavy (non-hydrogen) atoms. The van der Waals surface area contributed by atoms with Crippen LogP contribution in [-0.2, 0) is 37.0 Å². The van der Waals surface area contributed by atoms with E-state index in [1.54, 1.807) is 0 Å². The Morgan fingerprint density at radius 2 is 1.64 bits per heavy atom. The number of aromatic nitrogens is 2. The molecule has 9 nitrogen and oxygen atoms in total. The van der Waals surface area contributed by atoms with E-state index in [9.17, 15) is 14.4 Å². The molecule has 2 heterocycles. The molecule has 0 amide bonds. The second kappa shape index (κ2) is 11.5. The molecule has 190 valence electrons. The molecule has 0 radical (unpaired) electrons. The number of nitrogens with zero attached hydrogens (tertiary/aromatic N) is 1. The van der Waals surface area contributed by atoms with Crippen molar-refractivity contribution >= 4 is 5.97 Å². The summed E-state index contributed by atoms with van der Waals surface area (Å²) in [5.74, 6) is -0.545. The normalized spacial score (nSPS) is 23.4. The highest BCUT2D eigenvalue weighted by atomic mass is 16.6. The number of benzene rings is 2. The molecule has 0 aliphatic carbocycles. The van der Waals surface area contributed by atoms with Gasteiger partial charge in [0.25, 0.3) is 5.56 Å². The molecule has 2 aromatic carbocycles. The van der Waals surface area contributed by atoms with Crippen LogP contribution in [0.3, 0.4) is 0 Å². The van der Waals surface area contributed by atoms with Crippen molar-refractivity contribution < 1.29 is 23.7 Å². The minimum absolute atomic E-state index is 0.129. The molecule has 1 aliphatic heterocycles. The zero-order valence-electron chi connectivity index (χ0n) is 20.3. The standard InChI is InChI=1S/C27H30N2O7/c1-3-27(18-33-16-20-10-6-4-7-11-20)24(34-17-21-12-8-5-9-13-21)23(35-19(2)30)25(36-27)29-15-14-22(31)28-26(29)32/h4-15,23-25H,3,16-18H2,1-2H3,(H,28,31,32)/t23-,24-,25+,27+/m0/s1. The van der Waals surface area contributed by atoms with E-state index in [0.29, 0.717) is 13.0 Å². The lowest BCUT2D eigenvalue weighted by molar-refractivity contribution is -0.161. The van der Waals surface area contributed by atoms with Gasteiger partial charge in [-0.3, -0.25) is 19.1 Å². The van der Waals surface area contributed by atoms with Crippen LogP contribution in [-0.4, -0.2) is 39.9 Å². The lowest BCUT2D eigenvalue weighted by atomic mass is 9.92. The summed E-state index contributed by atoms with van der Waals surface area (Å²) in [6.07, 6.45) is -0.971. The Hall–Kier alpha value is -3.53. The first-order valence-corrected chi connectivity index (χ1v) is 11.9. The number of hydrogen-bond acceptors (Lipinski definition) is 7. The third-order valence-corrected chi connectivity index (χ3v) is 6.21. The van der Waals surface area contributed by atoms with Crippen LogP contribution in [0.5, 0.6) is 0 Å². The van der Waals surface area contributed by atoms with Gasteiger partial charge in [0, 0.05) is 19.2 Å². The topological polar surface area (TPSA) is 109 Å². The number of carbonyl (C=O) groups excluding carboxylic acids is 1. The summed E-state index contributed by atoms with van der Waals surface area (Å²) in [5, 5.41) is 0. The lowest BCUT2D eigenvalue weighted by Crippen LogP contribution is -2.49. The fourth-order valence-electron chi connectivity index (χ4n) is 4.40. The second-order valence-corrected chi connectivity index (χ2v) is 8.71. The predicted octanol–water partition coefficient (Wildman–Crippen LogP) is 2.95. The van der Waals surface area contributed by atoms with E-state index in [1.807, 2.05) is 67.6 Å². The van der Waals surface area contributed by atoms with Crippen molar-refractivity contribution in [2.75, 3.05) is 6.61 Å². The Balaban J connectivity index is 1.68. The Labute approximate surface area is 208 Å². The van der Waals surface area contributed by atoms with Gasteiger partial charge in [-0.15, -0.1) is 0 Å². The fraction of sp³-hybridized carbons (Fsp3) is 0.370. The van der Waals surface area contributed by atoms with E-state index in [0.717, 1.165) is 11.1 Å². The number of nitrogens with one attached hydrogen (secondary N) is 1. The van der Waals surface area contributed by atoms with E-state index in [-0.39, 0.29) is 13.2 Å². The van der Waals surface area contributed by atoms with Gasteiger partial charge in [0.2, 0.25) is 0 Å². The van der Waals surface area contributed by atoms with Gasteiger partial charge in [-0.05, 0) is 17.5 Å². The SMILES string of the molecule is CC[C@]1(COCc2ccccc2)O[C@@H](n2ccc(=O)[nH]c2=O)[C@@H](OC(C)=O)[C@@H]1OCc1ccccc1. The molecule has 0 spiro atoms. The van der Waals surface area contributed by atoms with Gasteiger partial charge in [0.05, 0.1) is 19.8 Å². The van der Waals surface area contributed by atoms with Crippen molar-refractivity contribution in [3.05, 3.63) is 105 Å².